The number of carbonyl (C=O) groups is 2. The zero-order valence-electron chi connectivity index (χ0n) is 24.6. The van der Waals surface area contributed by atoms with Gasteiger partial charge in [-0.15, -0.1) is 0 Å². The first kappa shape index (κ1) is 34.6. The smallest absolute Gasteiger partial charge is 0.303 e. The molecule has 0 spiro atoms. The topological polar surface area (TPSA) is 96.3 Å². The molecule has 232 valence electrons. The van der Waals surface area contributed by atoms with Crippen molar-refractivity contribution in [2.24, 2.45) is 5.92 Å². The van der Waals surface area contributed by atoms with Crippen LogP contribution in [-0.4, -0.2) is 61.8 Å². The first-order valence-electron chi connectivity index (χ1n) is 14.0. The van der Waals surface area contributed by atoms with E-state index in [1.54, 1.807) is 54.4 Å². The second-order valence-corrected chi connectivity index (χ2v) is 11.3. The number of methoxy groups -OCH3 is 1. The Morgan fingerprint density at radius 2 is 1.67 bits per heavy atom. The Morgan fingerprint density at radius 1 is 1.09 bits per heavy atom. The van der Waals surface area contributed by atoms with Gasteiger partial charge in [0.15, 0.2) is 12.0 Å². The molecule has 0 aromatic heterocycles. The number of rotatable bonds is 12. The lowest BCUT2D eigenvalue weighted by molar-refractivity contribution is -0.140. The van der Waals surface area contributed by atoms with E-state index in [9.17, 15) is 14.7 Å². The highest BCUT2D eigenvalue weighted by molar-refractivity contribution is 6.30. The molecule has 1 unspecified atom stereocenters. The molecule has 4 rings (SSSR count). The molecule has 0 saturated carbocycles. The zero-order chi connectivity index (χ0) is 31.6. The number of carbonyl (C=O) groups excluding carboxylic acids is 1. The van der Waals surface area contributed by atoms with Gasteiger partial charge in [-0.25, -0.2) is 4.39 Å². The fourth-order valence-electron chi connectivity index (χ4n) is 5.85. The summed E-state index contributed by atoms with van der Waals surface area (Å²) in [5.74, 6) is -1.22. The standard InChI is InChI=1S/C32H34Cl2FNO5.CH4O/c1-36(29(11-12-30(38)39)23-3-7-26(33)8-4-23)32(40-2,25-5-9-27(34)10-6-25)31-24(20-37)18-22(19-28(31)35)17-21-13-15-41-16-14-21;1-2/h3-10,18-21,29H,11-17H2,1-2H3,(H,38,39);2H,1H3/t29?,32-;/m1./s1. The van der Waals surface area contributed by atoms with Gasteiger partial charge >= 0.3 is 5.97 Å². The van der Waals surface area contributed by atoms with Crippen LogP contribution in [0.1, 0.15) is 64.3 Å². The summed E-state index contributed by atoms with van der Waals surface area (Å²) in [5.41, 5.74) is 0.598. The van der Waals surface area contributed by atoms with Gasteiger partial charge in [-0.05, 0) is 86.2 Å². The van der Waals surface area contributed by atoms with Crippen LogP contribution < -0.4 is 0 Å². The van der Waals surface area contributed by atoms with Crippen molar-refractivity contribution in [3.05, 3.63) is 104 Å². The molecule has 1 saturated heterocycles. The lowest BCUT2D eigenvalue weighted by Gasteiger charge is -2.46. The van der Waals surface area contributed by atoms with Gasteiger partial charge in [0.1, 0.15) is 5.82 Å². The van der Waals surface area contributed by atoms with Crippen molar-refractivity contribution in [2.45, 2.75) is 43.9 Å². The largest absolute Gasteiger partial charge is 0.481 e. The summed E-state index contributed by atoms with van der Waals surface area (Å²) in [6, 6.07) is 16.5. The molecule has 3 aromatic rings. The number of benzene rings is 3. The fourth-order valence-corrected chi connectivity index (χ4v) is 6.10. The average molecular weight is 635 g/mol. The Hall–Kier alpha value is -2.85. The van der Waals surface area contributed by atoms with E-state index in [0.29, 0.717) is 47.4 Å². The number of aliphatic carboxylic acids is 1. The van der Waals surface area contributed by atoms with Crippen LogP contribution in [-0.2, 0) is 26.4 Å². The van der Waals surface area contributed by atoms with Crippen molar-refractivity contribution in [3.8, 4) is 0 Å². The molecule has 1 fully saturated rings. The molecule has 0 radical (unpaired) electrons. The molecule has 1 aliphatic heterocycles. The van der Waals surface area contributed by atoms with Crippen molar-refractivity contribution in [1.29, 1.82) is 0 Å². The van der Waals surface area contributed by atoms with Gasteiger partial charge < -0.3 is 19.7 Å². The van der Waals surface area contributed by atoms with Crippen molar-refractivity contribution in [2.75, 3.05) is 34.5 Å². The molecule has 0 amide bonds. The minimum Gasteiger partial charge on any atom is -0.481 e. The quantitative estimate of drug-likeness (QED) is 0.165. The van der Waals surface area contributed by atoms with Crippen LogP contribution in [0, 0.1) is 11.7 Å². The molecule has 43 heavy (non-hydrogen) atoms. The van der Waals surface area contributed by atoms with Gasteiger partial charge in [-0.3, -0.25) is 14.5 Å². The monoisotopic (exact) mass is 633 g/mol. The average Bonchev–Trinajstić information content (AvgIpc) is 3.01. The van der Waals surface area contributed by atoms with E-state index in [1.165, 1.54) is 13.2 Å². The lowest BCUT2D eigenvalue weighted by Crippen LogP contribution is -2.49. The molecule has 1 heterocycles. The number of carboxylic acids is 1. The first-order chi connectivity index (χ1) is 20.7. The van der Waals surface area contributed by atoms with E-state index in [4.69, 9.17) is 37.8 Å². The highest BCUT2D eigenvalue weighted by Crippen LogP contribution is 2.45. The van der Waals surface area contributed by atoms with E-state index >= 15 is 4.39 Å². The SMILES string of the molecule is CO.CO[C@](c1ccc(Cl)cc1)(c1c(F)cc(CC2CCOCC2)cc1C=O)N(C)C(CCC(=O)O)c1ccc(Cl)cc1. The van der Waals surface area contributed by atoms with Crippen LogP contribution in [0.4, 0.5) is 4.39 Å². The van der Waals surface area contributed by atoms with Gasteiger partial charge in [0.05, 0.1) is 0 Å². The predicted molar refractivity (Wildman–Crippen MR) is 165 cm³/mol. The van der Waals surface area contributed by atoms with E-state index < -0.39 is 23.6 Å². The van der Waals surface area contributed by atoms with Crippen LogP contribution in [0.15, 0.2) is 60.7 Å². The van der Waals surface area contributed by atoms with E-state index in [1.807, 2.05) is 12.1 Å². The fraction of sp³-hybridized carbons (Fsp3) is 0.394. The number of aliphatic hydroxyl groups excluding tert-OH is 1. The molecule has 7 nitrogen and oxygen atoms in total. The number of nitrogens with zero attached hydrogens (tertiary/aromatic N) is 1. The minimum absolute atomic E-state index is 0.0461. The number of ether oxygens (including phenoxy) is 2. The summed E-state index contributed by atoms with van der Waals surface area (Å²) >= 11 is 12.4. The summed E-state index contributed by atoms with van der Waals surface area (Å²) < 4.78 is 28.2. The molecule has 2 atom stereocenters. The van der Waals surface area contributed by atoms with Gasteiger partial charge in [-0.1, -0.05) is 47.5 Å². The molecule has 3 aromatic carbocycles. The van der Waals surface area contributed by atoms with E-state index in [0.717, 1.165) is 31.1 Å². The maximum Gasteiger partial charge on any atom is 0.303 e. The molecular formula is C33H38Cl2FNO6. The Labute approximate surface area is 262 Å². The van der Waals surface area contributed by atoms with Gasteiger partial charge in [-0.2, -0.15) is 0 Å². The van der Waals surface area contributed by atoms with Crippen LogP contribution in [0.5, 0.6) is 0 Å². The minimum atomic E-state index is -1.62. The van der Waals surface area contributed by atoms with E-state index in [-0.39, 0.29) is 24.0 Å². The number of hydrogen-bond donors (Lipinski definition) is 2. The number of aldehydes is 1. The Kier molecular flexibility index (Phi) is 13.1. The number of aliphatic hydroxyl groups is 1. The van der Waals surface area contributed by atoms with Crippen molar-refractivity contribution in [3.63, 3.8) is 0 Å². The van der Waals surface area contributed by atoms with Crippen molar-refractivity contribution < 1.29 is 33.7 Å². The normalized spacial score (nSPS) is 15.7. The highest BCUT2D eigenvalue weighted by atomic mass is 35.5. The number of halogens is 3. The predicted octanol–water partition coefficient (Wildman–Crippen LogP) is 6.91. The van der Waals surface area contributed by atoms with Gasteiger partial charge in [0.2, 0.25) is 0 Å². The molecule has 1 aliphatic rings. The summed E-state index contributed by atoms with van der Waals surface area (Å²) in [6.07, 6.45) is 3.07. The maximum absolute atomic E-state index is 16.5. The lowest BCUT2D eigenvalue weighted by atomic mass is 9.84. The maximum atomic E-state index is 16.5. The van der Waals surface area contributed by atoms with Crippen LogP contribution in [0.25, 0.3) is 0 Å². The summed E-state index contributed by atoms with van der Waals surface area (Å²) in [5, 5.41) is 17.6. The summed E-state index contributed by atoms with van der Waals surface area (Å²) in [7, 11) is 4.19. The Morgan fingerprint density at radius 3 is 2.21 bits per heavy atom. The molecule has 0 aliphatic carbocycles. The zero-order valence-corrected chi connectivity index (χ0v) is 26.1. The number of hydrogen-bond acceptors (Lipinski definition) is 6. The third-order valence-electron chi connectivity index (χ3n) is 7.89. The number of carboxylic acid groups (broad SMARTS) is 1. The molecule has 0 bridgehead atoms. The first-order valence-corrected chi connectivity index (χ1v) is 14.8. The molecule has 10 heteroatoms. The molecular weight excluding hydrogens is 596 g/mol. The summed E-state index contributed by atoms with van der Waals surface area (Å²) in [6.45, 7) is 1.34. The second-order valence-electron chi connectivity index (χ2n) is 10.4. The third kappa shape index (κ3) is 8.20. The Bertz CT molecular complexity index is 1350. The van der Waals surface area contributed by atoms with Crippen molar-refractivity contribution >= 4 is 35.5 Å². The third-order valence-corrected chi connectivity index (χ3v) is 8.40. The van der Waals surface area contributed by atoms with Crippen molar-refractivity contribution in [1.82, 2.24) is 4.90 Å². The summed E-state index contributed by atoms with van der Waals surface area (Å²) in [4.78, 5) is 26.1. The van der Waals surface area contributed by atoms with Crippen LogP contribution in [0.3, 0.4) is 0 Å². The van der Waals surface area contributed by atoms with Gasteiger partial charge in [0, 0.05) is 66.6 Å². The second kappa shape index (κ2) is 16.3. The highest BCUT2D eigenvalue weighted by Gasteiger charge is 2.46. The van der Waals surface area contributed by atoms with E-state index in [2.05, 4.69) is 0 Å². The molecule has 2 N–H and O–H groups in total. The van der Waals surface area contributed by atoms with Crippen LogP contribution >= 0.6 is 23.2 Å². The Balaban J connectivity index is 0.00000248. The van der Waals surface area contributed by atoms with Crippen LogP contribution in [0.2, 0.25) is 10.0 Å². The van der Waals surface area contributed by atoms with Gasteiger partial charge in [0.25, 0.3) is 0 Å².